The SMILES string of the molecule is O=c1c(-c2ccccc2)c(-c2cccs2)oc2cc(O)ccc12. The van der Waals surface area contributed by atoms with Gasteiger partial charge in [0, 0.05) is 6.07 Å². The van der Waals surface area contributed by atoms with Gasteiger partial charge in [0.15, 0.2) is 5.76 Å². The van der Waals surface area contributed by atoms with Crippen LogP contribution in [0.5, 0.6) is 5.75 Å². The number of hydrogen-bond donors (Lipinski definition) is 1. The molecule has 0 saturated heterocycles. The highest BCUT2D eigenvalue weighted by Gasteiger charge is 2.18. The van der Waals surface area contributed by atoms with Crippen LogP contribution in [0.3, 0.4) is 0 Å². The zero-order chi connectivity index (χ0) is 15.8. The molecule has 2 aromatic carbocycles. The first-order valence-corrected chi connectivity index (χ1v) is 8.01. The highest BCUT2D eigenvalue weighted by Crippen LogP contribution is 2.35. The Labute approximate surface area is 136 Å². The number of benzene rings is 2. The lowest BCUT2D eigenvalue weighted by atomic mass is 10.0. The van der Waals surface area contributed by atoms with Crippen molar-refractivity contribution in [3.8, 4) is 27.5 Å². The molecule has 0 fully saturated rings. The number of fused-ring (bicyclic) bond motifs is 1. The van der Waals surface area contributed by atoms with Crippen LogP contribution in [0.15, 0.2) is 75.3 Å². The van der Waals surface area contributed by atoms with Crippen LogP contribution >= 0.6 is 11.3 Å². The smallest absolute Gasteiger partial charge is 0.201 e. The van der Waals surface area contributed by atoms with Gasteiger partial charge in [0.05, 0.1) is 15.8 Å². The lowest BCUT2D eigenvalue weighted by Crippen LogP contribution is -2.07. The van der Waals surface area contributed by atoms with E-state index < -0.39 is 0 Å². The first-order chi connectivity index (χ1) is 11.2. The third kappa shape index (κ3) is 2.33. The largest absolute Gasteiger partial charge is 0.508 e. The Hall–Kier alpha value is -2.85. The van der Waals surface area contributed by atoms with Crippen LogP contribution in [-0.2, 0) is 0 Å². The predicted molar refractivity (Wildman–Crippen MR) is 92.9 cm³/mol. The van der Waals surface area contributed by atoms with Gasteiger partial charge < -0.3 is 9.52 Å². The Morgan fingerprint density at radius 1 is 0.957 bits per heavy atom. The fourth-order valence-electron chi connectivity index (χ4n) is 2.63. The highest BCUT2D eigenvalue weighted by atomic mass is 32.1. The second-order valence-electron chi connectivity index (χ2n) is 5.16. The van der Waals surface area contributed by atoms with E-state index in [0.717, 1.165) is 10.4 Å². The first kappa shape index (κ1) is 13.8. The Bertz CT molecular complexity index is 1030. The normalized spacial score (nSPS) is 11.0. The van der Waals surface area contributed by atoms with Crippen LogP contribution in [0.2, 0.25) is 0 Å². The van der Waals surface area contributed by atoms with Gasteiger partial charge in [-0.05, 0) is 29.1 Å². The summed E-state index contributed by atoms with van der Waals surface area (Å²) >= 11 is 1.51. The van der Waals surface area contributed by atoms with E-state index in [2.05, 4.69) is 0 Å². The van der Waals surface area contributed by atoms with E-state index in [1.165, 1.54) is 23.5 Å². The Morgan fingerprint density at radius 3 is 2.52 bits per heavy atom. The maximum Gasteiger partial charge on any atom is 0.201 e. The molecule has 0 saturated carbocycles. The summed E-state index contributed by atoms with van der Waals surface area (Å²) in [5, 5.41) is 12.1. The molecule has 1 N–H and O–H groups in total. The van der Waals surface area contributed by atoms with E-state index in [-0.39, 0.29) is 11.2 Å². The lowest BCUT2D eigenvalue weighted by Gasteiger charge is -2.09. The third-order valence-electron chi connectivity index (χ3n) is 3.68. The van der Waals surface area contributed by atoms with Crippen molar-refractivity contribution in [1.29, 1.82) is 0 Å². The Kier molecular flexibility index (Phi) is 3.24. The molecule has 0 aliphatic rings. The Morgan fingerprint density at radius 2 is 1.78 bits per heavy atom. The van der Waals surface area contributed by atoms with Crippen molar-refractivity contribution >= 4 is 22.3 Å². The van der Waals surface area contributed by atoms with Crippen LogP contribution in [0.1, 0.15) is 0 Å². The molecule has 112 valence electrons. The standard InChI is InChI=1S/C19H12O3S/c20-13-8-9-14-15(11-13)22-19(16-7-4-10-23-16)17(18(14)21)12-5-2-1-3-6-12/h1-11,20H. The molecule has 0 unspecified atom stereocenters. The van der Waals surface area contributed by atoms with E-state index in [1.807, 2.05) is 47.8 Å². The molecule has 2 aromatic heterocycles. The molecule has 23 heavy (non-hydrogen) atoms. The quantitative estimate of drug-likeness (QED) is 0.572. The second kappa shape index (κ2) is 5.41. The molecule has 3 nitrogen and oxygen atoms in total. The van der Waals surface area contributed by atoms with Gasteiger partial charge in [0.25, 0.3) is 0 Å². The monoisotopic (exact) mass is 320 g/mol. The maximum atomic E-state index is 13.0. The molecular weight excluding hydrogens is 308 g/mol. The van der Waals surface area contributed by atoms with Gasteiger partial charge in [-0.2, -0.15) is 0 Å². The van der Waals surface area contributed by atoms with Crippen molar-refractivity contribution < 1.29 is 9.52 Å². The molecule has 2 heterocycles. The van der Waals surface area contributed by atoms with Crippen molar-refractivity contribution in [2.24, 2.45) is 0 Å². The summed E-state index contributed by atoms with van der Waals surface area (Å²) < 4.78 is 6.00. The average Bonchev–Trinajstić information content (AvgIpc) is 3.09. The van der Waals surface area contributed by atoms with Gasteiger partial charge in [0.2, 0.25) is 5.43 Å². The predicted octanol–water partition coefficient (Wildman–Crippen LogP) is 4.89. The van der Waals surface area contributed by atoms with E-state index in [4.69, 9.17) is 4.42 Å². The number of hydrogen-bond acceptors (Lipinski definition) is 4. The van der Waals surface area contributed by atoms with E-state index in [9.17, 15) is 9.90 Å². The molecule has 0 atom stereocenters. The molecule has 4 aromatic rings. The number of rotatable bonds is 2. The van der Waals surface area contributed by atoms with Crippen molar-refractivity contribution in [2.45, 2.75) is 0 Å². The summed E-state index contributed by atoms with van der Waals surface area (Å²) in [6, 6.07) is 17.9. The summed E-state index contributed by atoms with van der Waals surface area (Å²) in [7, 11) is 0. The minimum absolute atomic E-state index is 0.0743. The molecule has 0 bridgehead atoms. The summed E-state index contributed by atoms with van der Waals surface area (Å²) in [4.78, 5) is 13.9. The minimum atomic E-state index is -0.0964. The van der Waals surface area contributed by atoms with Crippen LogP contribution in [0.25, 0.3) is 32.7 Å². The average molecular weight is 320 g/mol. The highest BCUT2D eigenvalue weighted by molar-refractivity contribution is 7.13. The maximum absolute atomic E-state index is 13.0. The molecule has 4 heteroatoms. The van der Waals surface area contributed by atoms with Crippen LogP contribution in [-0.4, -0.2) is 5.11 Å². The van der Waals surface area contributed by atoms with Crippen LogP contribution in [0.4, 0.5) is 0 Å². The van der Waals surface area contributed by atoms with E-state index in [1.54, 1.807) is 6.07 Å². The minimum Gasteiger partial charge on any atom is -0.508 e. The van der Waals surface area contributed by atoms with Gasteiger partial charge in [-0.25, -0.2) is 0 Å². The van der Waals surface area contributed by atoms with Crippen molar-refractivity contribution in [2.75, 3.05) is 0 Å². The summed E-state index contributed by atoms with van der Waals surface area (Å²) in [5.41, 5.74) is 1.66. The van der Waals surface area contributed by atoms with Crippen molar-refractivity contribution in [3.05, 3.63) is 76.3 Å². The number of thiophene rings is 1. The van der Waals surface area contributed by atoms with Gasteiger partial charge in [0.1, 0.15) is 11.3 Å². The fraction of sp³-hybridized carbons (Fsp3) is 0. The molecular formula is C19H12O3S. The summed E-state index contributed by atoms with van der Waals surface area (Å²) in [5.74, 6) is 0.611. The molecule has 0 aliphatic carbocycles. The first-order valence-electron chi connectivity index (χ1n) is 7.13. The number of phenols is 1. The zero-order valence-electron chi connectivity index (χ0n) is 12.0. The molecule has 0 radical (unpaired) electrons. The zero-order valence-corrected chi connectivity index (χ0v) is 12.8. The molecule has 4 rings (SSSR count). The number of aromatic hydroxyl groups is 1. The lowest BCUT2D eigenvalue weighted by molar-refractivity contribution is 0.474. The molecule has 0 spiro atoms. The molecule has 0 aliphatic heterocycles. The van der Waals surface area contributed by atoms with Crippen LogP contribution < -0.4 is 5.43 Å². The second-order valence-corrected chi connectivity index (χ2v) is 6.11. The molecule has 0 amide bonds. The van der Waals surface area contributed by atoms with Gasteiger partial charge >= 0.3 is 0 Å². The van der Waals surface area contributed by atoms with Crippen LogP contribution in [0, 0.1) is 0 Å². The summed E-state index contributed by atoms with van der Waals surface area (Å²) in [6.45, 7) is 0. The van der Waals surface area contributed by atoms with Crippen molar-refractivity contribution in [1.82, 2.24) is 0 Å². The van der Waals surface area contributed by atoms with E-state index >= 15 is 0 Å². The number of phenolic OH excluding ortho intramolecular Hbond substituents is 1. The Balaban J connectivity index is 2.14. The van der Waals surface area contributed by atoms with Gasteiger partial charge in [-0.3, -0.25) is 4.79 Å². The van der Waals surface area contributed by atoms with Gasteiger partial charge in [-0.15, -0.1) is 11.3 Å². The van der Waals surface area contributed by atoms with Crippen molar-refractivity contribution in [3.63, 3.8) is 0 Å². The fourth-order valence-corrected chi connectivity index (χ4v) is 3.34. The summed E-state index contributed by atoms with van der Waals surface area (Å²) in [6.07, 6.45) is 0. The third-order valence-corrected chi connectivity index (χ3v) is 4.55. The van der Waals surface area contributed by atoms with Gasteiger partial charge in [-0.1, -0.05) is 36.4 Å². The van der Waals surface area contributed by atoms with E-state index in [0.29, 0.717) is 22.3 Å². The topological polar surface area (TPSA) is 50.4 Å².